The van der Waals surface area contributed by atoms with Crippen molar-refractivity contribution in [3.05, 3.63) is 101 Å². The summed E-state index contributed by atoms with van der Waals surface area (Å²) in [4.78, 5) is 18.0. The smallest absolute Gasteiger partial charge is 0.337 e. The highest BCUT2D eigenvalue weighted by Gasteiger charge is 2.34. The number of carbonyl (C=O) groups is 1. The van der Waals surface area contributed by atoms with Gasteiger partial charge in [-0.15, -0.1) is 0 Å². The summed E-state index contributed by atoms with van der Waals surface area (Å²) in [5.41, 5.74) is 6.18. The molecule has 0 saturated heterocycles. The number of carboxylic acid groups (broad SMARTS) is 1. The van der Waals surface area contributed by atoms with Gasteiger partial charge in [-0.3, -0.25) is 4.98 Å². The highest BCUT2D eigenvalue weighted by Crippen LogP contribution is 2.44. The molecule has 0 spiro atoms. The van der Waals surface area contributed by atoms with Gasteiger partial charge < -0.3 is 28.8 Å². The number of rotatable bonds is 15. The lowest BCUT2D eigenvalue weighted by molar-refractivity contribution is -0.160. The molecule has 2 heterocycles. The molecule has 49 heavy (non-hydrogen) atoms. The summed E-state index contributed by atoms with van der Waals surface area (Å²) in [6.45, 7) is 12.0. The van der Waals surface area contributed by atoms with Crippen LogP contribution in [0.4, 0.5) is 4.39 Å². The fraction of sp³-hybridized carbons (Fsp3) is 0.400. The van der Waals surface area contributed by atoms with Crippen LogP contribution in [0.3, 0.4) is 0 Å². The van der Waals surface area contributed by atoms with E-state index in [1.165, 1.54) is 12.1 Å². The number of carboxylic acids is 1. The van der Waals surface area contributed by atoms with Crippen LogP contribution in [0.25, 0.3) is 22.3 Å². The molecule has 5 rings (SSSR count). The number of hydrogen-bond acceptors (Lipinski definition) is 7. The molecular weight excluding hydrogens is 625 g/mol. The minimum Gasteiger partial charge on any atom is -0.493 e. The minimum atomic E-state index is -1.28. The van der Waals surface area contributed by atoms with Crippen LogP contribution in [0, 0.1) is 12.7 Å². The molecule has 1 aliphatic heterocycles. The summed E-state index contributed by atoms with van der Waals surface area (Å²) >= 11 is 0. The first-order valence-electron chi connectivity index (χ1n) is 16.9. The Morgan fingerprint density at radius 2 is 1.67 bits per heavy atom. The molecule has 0 radical (unpaired) electrons. The van der Waals surface area contributed by atoms with E-state index in [1.54, 1.807) is 12.1 Å². The highest BCUT2D eigenvalue weighted by atomic mass is 19.1. The first-order chi connectivity index (χ1) is 23.5. The number of benzene rings is 3. The molecule has 8 nitrogen and oxygen atoms in total. The Morgan fingerprint density at radius 1 is 0.959 bits per heavy atom. The maximum absolute atomic E-state index is 13.3. The predicted octanol–water partition coefficient (Wildman–Crippen LogP) is 8.30. The van der Waals surface area contributed by atoms with Crippen LogP contribution in [0.5, 0.6) is 11.5 Å². The van der Waals surface area contributed by atoms with Crippen molar-refractivity contribution in [2.45, 2.75) is 72.2 Å². The zero-order valence-electron chi connectivity index (χ0n) is 29.0. The maximum atomic E-state index is 13.3. The fourth-order valence-corrected chi connectivity index (χ4v) is 6.00. The number of aliphatic carboxylic acids is 1. The summed E-state index contributed by atoms with van der Waals surface area (Å²) in [5, 5.41) is 10.6. The monoisotopic (exact) mass is 671 g/mol. The molecule has 0 bridgehead atoms. The summed E-state index contributed by atoms with van der Waals surface area (Å²) < 4.78 is 43.1. The first kappa shape index (κ1) is 36.0. The Balaban J connectivity index is 1.62. The Labute approximate surface area is 288 Å². The quantitative estimate of drug-likeness (QED) is 0.126. The van der Waals surface area contributed by atoms with E-state index in [2.05, 4.69) is 6.07 Å². The Kier molecular flexibility index (Phi) is 12.0. The van der Waals surface area contributed by atoms with Crippen molar-refractivity contribution in [3.8, 4) is 33.8 Å². The van der Waals surface area contributed by atoms with Crippen LogP contribution in [0.1, 0.15) is 68.3 Å². The van der Waals surface area contributed by atoms with Crippen LogP contribution in [0.15, 0.2) is 66.7 Å². The molecule has 0 saturated carbocycles. The van der Waals surface area contributed by atoms with Gasteiger partial charge >= 0.3 is 5.97 Å². The van der Waals surface area contributed by atoms with Gasteiger partial charge in [-0.1, -0.05) is 30.3 Å². The van der Waals surface area contributed by atoms with E-state index in [9.17, 15) is 14.3 Å². The van der Waals surface area contributed by atoms with Crippen LogP contribution in [0.2, 0.25) is 0 Å². The SMILES string of the molecule is CCOCCOCc1nc(C)c(C(OC(C)(C)C)C(=O)O)c(-c2ccc3c(c2)CCCO3)c1-c1ccc(OCCc2ccc(F)cc2)cc1. The fourth-order valence-electron chi connectivity index (χ4n) is 6.00. The average Bonchev–Trinajstić information content (AvgIpc) is 3.07. The number of ether oxygens (including phenoxy) is 5. The van der Waals surface area contributed by atoms with E-state index >= 15 is 0 Å². The normalized spacial score (nSPS) is 13.4. The molecule has 0 amide bonds. The maximum Gasteiger partial charge on any atom is 0.337 e. The lowest BCUT2D eigenvalue weighted by Crippen LogP contribution is -2.29. The minimum absolute atomic E-state index is 0.193. The van der Waals surface area contributed by atoms with Gasteiger partial charge in [-0.05, 0) is 112 Å². The number of aryl methyl sites for hydroxylation is 2. The molecule has 260 valence electrons. The van der Waals surface area contributed by atoms with Crippen molar-refractivity contribution in [1.29, 1.82) is 0 Å². The number of aromatic nitrogens is 1. The molecule has 4 aromatic rings. The largest absolute Gasteiger partial charge is 0.493 e. The van der Waals surface area contributed by atoms with Gasteiger partial charge in [0.25, 0.3) is 0 Å². The van der Waals surface area contributed by atoms with E-state index in [0.717, 1.165) is 52.0 Å². The second kappa shape index (κ2) is 16.4. The lowest BCUT2D eigenvalue weighted by Gasteiger charge is -2.30. The zero-order chi connectivity index (χ0) is 35.0. The van der Waals surface area contributed by atoms with Gasteiger partial charge in [-0.2, -0.15) is 0 Å². The van der Waals surface area contributed by atoms with E-state index in [1.807, 2.05) is 71.0 Å². The molecule has 1 N–H and O–H groups in total. The van der Waals surface area contributed by atoms with E-state index in [4.69, 9.17) is 28.7 Å². The van der Waals surface area contributed by atoms with Crippen LogP contribution >= 0.6 is 0 Å². The third kappa shape index (κ3) is 9.44. The standard InChI is InChI=1S/C40H46FNO7/c1-6-45-22-23-46-25-33-36(28-11-16-32(17-12-28)47-21-19-27-9-14-31(41)15-10-27)37(30-13-18-34-29(24-30)8-7-20-48-34)35(26(2)42-33)38(39(43)44)49-40(3,4)5/h9-18,24,38H,6-8,19-23,25H2,1-5H3,(H,43,44). The highest BCUT2D eigenvalue weighted by molar-refractivity contribution is 5.91. The van der Waals surface area contributed by atoms with Crippen molar-refractivity contribution >= 4 is 5.97 Å². The Hall–Kier alpha value is -4.31. The first-order valence-corrected chi connectivity index (χ1v) is 16.9. The van der Waals surface area contributed by atoms with Crippen molar-refractivity contribution in [2.75, 3.05) is 33.0 Å². The van der Waals surface area contributed by atoms with Crippen molar-refractivity contribution in [1.82, 2.24) is 4.98 Å². The summed E-state index contributed by atoms with van der Waals surface area (Å²) in [5.74, 6) is 0.147. The topological polar surface area (TPSA) is 96.3 Å². The second-order valence-corrected chi connectivity index (χ2v) is 13.0. The third-order valence-corrected chi connectivity index (χ3v) is 8.19. The van der Waals surface area contributed by atoms with Gasteiger partial charge in [-0.25, -0.2) is 9.18 Å². The Morgan fingerprint density at radius 3 is 2.37 bits per heavy atom. The van der Waals surface area contributed by atoms with Gasteiger partial charge in [0.2, 0.25) is 0 Å². The number of halogens is 1. The average molecular weight is 672 g/mol. The molecule has 1 unspecified atom stereocenters. The van der Waals surface area contributed by atoms with E-state index in [-0.39, 0.29) is 12.4 Å². The zero-order valence-corrected chi connectivity index (χ0v) is 29.0. The predicted molar refractivity (Wildman–Crippen MR) is 187 cm³/mol. The van der Waals surface area contributed by atoms with Gasteiger partial charge in [0.1, 0.15) is 17.3 Å². The number of hydrogen-bond donors (Lipinski definition) is 1. The number of pyridine rings is 1. The van der Waals surface area contributed by atoms with Gasteiger partial charge in [0.05, 0.1) is 44.3 Å². The van der Waals surface area contributed by atoms with E-state index in [0.29, 0.717) is 62.2 Å². The Bertz CT molecular complexity index is 1720. The summed E-state index contributed by atoms with van der Waals surface area (Å²) in [6.07, 6.45) is 1.11. The molecule has 1 atom stereocenters. The lowest BCUT2D eigenvalue weighted by atomic mass is 9.85. The second-order valence-electron chi connectivity index (χ2n) is 13.0. The summed E-state index contributed by atoms with van der Waals surface area (Å²) in [7, 11) is 0. The molecule has 0 aliphatic carbocycles. The molecule has 9 heteroatoms. The van der Waals surface area contributed by atoms with Crippen molar-refractivity contribution in [3.63, 3.8) is 0 Å². The van der Waals surface area contributed by atoms with Crippen LogP contribution in [-0.4, -0.2) is 54.7 Å². The molecule has 3 aromatic carbocycles. The molecule has 1 aliphatic rings. The van der Waals surface area contributed by atoms with Crippen LogP contribution in [-0.2, 0) is 38.5 Å². The molecule has 1 aromatic heterocycles. The molecular formula is C40H46FNO7. The summed E-state index contributed by atoms with van der Waals surface area (Å²) in [6, 6.07) is 20.1. The van der Waals surface area contributed by atoms with Crippen molar-refractivity contribution < 1.29 is 38.0 Å². The number of nitrogens with zero attached hydrogens (tertiary/aromatic N) is 1. The van der Waals surface area contributed by atoms with Crippen molar-refractivity contribution in [2.24, 2.45) is 0 Å². The van der Waals surface area contributed by atoms with E-state index < -0.39 is 17.7 Å². The number of fused-ring (bicyclic) bond motifs is 1. The third-order valence-electron chi connectivity index (χ3n) is 8.19. The van der Waals surface area contributed by atoms with Gasteiger partial charge in [0, 0.05) is 29.8 Å². The van der Waals surface area contributed by atoms with Gasteiger partial charge in [0.15, 0.2) is 6.10 Å². The van der Waals surface area contributed by atoms with Crippen LogP contribution < -0.4 is 9.47 Å². The molecule has 0 fully saturated rings.